The zero-order valence-electron chi connectivity index (χ0n) is 9.50. The second-order valence-electron chi connectivity index (χ2n) is 3.60. The second-order valence-corrected chi connectivity index (χ2v) is 5.36. The number of carbonyl (C=O) groups is 1. The molecule has 1 aromatic rings. The molecule has 1 rings (SSSR count). The summed E-state index contributed by atoms with van der Waals surface area (Å²) in [5.74, 6) is -1.10. The Bertz CT molecular complexity index is 493. The highest BCUT2D eigenvalue weighted by Gasteiger charge is 2.23. The molecule has 7 nitrogen and oxygen atoms in total. The Morgan fingerprint density at radius 2 is 2.29 bits per heavy atom. The van der Waals surface area contributed by atoms with Gasteiger partial charge in [0.2, 0.25) is 10.0 Å². The summed E-state index contributed by atoms with van der Waals surface area (Å²) in [6, 6.07) is 0.369. The summed E-state index contributed by atoms with van der Waals surface area (Å²) in [7, 11) is -3.73. The van der Waals surface area contributed by atoms with Crippen LogP contribution in [0.25, 0.3) is 0 Å². The molecule has 0 aliphatic heterocycles. The van der Waals surface area contributed by atoms with Crippen LogP contribution in [0.4, 0.5) is 0 Å². The summed E-state index contributed by atoms with van der Waals surface area (Å²) in [4.78, 5) is 10.7. The van der Waals surface area contributed by atoms with Gasteiger partial charge in [-0.1, -0.05) is 12.1 Å². The molecule has 0 amide bonds. The Hall–Kier alpha value is -1.41. The number of nitrogens with one attached hydrogen (secondary N) is 1. The fourth-order valence-corrected chi connectivity index (χ4v) is 2.56. The number of aliphatic carboxylic acids is 1. The minimum atomic E-state index is -3.73. The van der Waals surface area contributed by atoms with Gasteiger partial charge >= 0.3 is 5.97 Å². The van der Waals surface area contributed by atoms with E-state index in [4.69, 9.17) is 9.63 Å². The number of sulfonamides is 1. The van der Waals surface area contributed by atoms with E-state index < -0.39 is 27.8 Å². The van der Waals surface area contributed by atoms with E-state index in [1.165, 1.54) is 6.07 Å². The Kier molecular flexibility index (Phi) is 4.24. The molecule has 0 saturated heterocycles. The van der Waals surface area contributed by atoms with Gasteiger partial charge in [0.15, 0.2) is 0 Å². The van der Waals surface area contributed by atoms with Crippen LogP contribution in [0.3, 0.4) is 0 Å². The molecule has 0 aromatic carbocycles. The van der Waals surface area contributed by atoms with E-state index in [1.54, 1.807) is 13.8 Å². The van der Waals surface area contributed by atoms with Gasteiger partial charge in [-0.2, -0.15) is 0 Å². The molecule has 0 spiro atoms. The van der Waals surface area contributed by atoms with Gasteiger partial charge < -0.3 is 9.63 Å². The van der Waals surface area contributed by atoms with Crippen LogP contribution in [0.15, 0.2) is 10.6 Å². The van der Waals surface area contributed by atoms with Crippen molar-refractivity contribution in [3.05, 3.63) is 17.5 Å². The third-order valence-corrected chi connectivity index (χ3v) is 3.36. The zero-order valence-corrected chi connectivity index (χ0v) is 10.3. The van der Waals surface area contributed by atoms with Crippen LogP contribution >= 0.6 is 0 Å². The van der Waals surface area contributed by atoms with Crippen LogP contribution in [0.2, 0.25) is 0 Å². The van der Waals surface area contributed by atoms with E-state index in [-0.39, 0.29) is 12.1 Å². The van der Waals surface area contributed by atoms with Crippen molar-refractivity contribution < 1.29 is 22.8 Å². The molecule has 0 radical (unpaired) electrons. The van der Waals surface area contributed by atoms with Crippen LogP contribution < -0.4 is 4.72 Å². The summed E-state index contributed by atoms with van der Waals surface area (Å²) in [5.41, 5.74) is 0.246. The second kappa shape index (κ2) is 5.28. The lowest BCUT2D eigenvalue weighted by Gasteiger charge is -2.11. The minimum absolute atomic E-state index is 0.173. The van der Waals surface area contributed by atoms with Crippen molar-refractivity contribution in [2.45, 2.75) is 32.1 Å². The Morgan fingerprint density at radius 1 is 1.65 bits per heavy atom. The van der Waals surface area contributed by atoms with Gasteiger partial charge in [0.1, 0.15) is 23.2 Å². The minimum Gasteiger partial charge on any atom is -0.480 e. The molecule has 0 aliphatic rings. The molecule has 1 atom stereocenters. The molecule has 8 heteroatoms. The van der Waals surface area contributed by atoms with Crippen LogP contribution in [0, 0.1) is 6.92 Å². The first-order chi connectivity index (χ1) is 7.84. The average molecular weight is 262 g/mol. The Labute approximate surface area is 98.9 Å². The maximum atomic E-state index is 11.6. The van der Waals surface area contributed by atoms with Crippen LogP contribution in [-0.4, -0.2) is 30.7 Å². The fraction of sp³-hybridized carbons (Fsp3) is 0.556. The van der Waals surface area contributed by atoms with Gasteiger partial charge in [-0.05, 0) is 13.3 Å². The highest BCUT2D eigenvalue weighted by Crippen LogP contribution is 2.06. The Balaban J connectivity index is 2.72. The zero-order chi connectivity index (χ0) is 13.1. The molecule has 17 heavy (non-hydrogen) atoms. The molecular weight excluding hydrogens is 248 g/mol. The standard InChI is InChI=1S/C9H14N2O5S/c1-3-8(9(12)13)11-17(14,15)5-7-4-6(2)16-10-7/h4,8,11H,3,5H2,1-2H3,(H,12,13)/t8-/m0/s1. The van der Waals surface area contributed by atoms with Crippen molar-refractivity contribution in [3.8, 4) is 0 Å². The van der Waals surface area contributed by atoms with Crippen molar-refractivity contribution in [1.82, 2.24) is 9.88 Å². The molecule has 0 unspecified atom stereocenters. The number of hydrogen-bond donors (Lipinski definition) is 2. The number of hydrogen-bond acceptors (Lipinski definition) is 5. The molecule has 1 heterocycles. The van der Waals surface area contributed by atoms with Gasteiger partial charge in [-0.25, -0.2) is 13.1 Å². The van der Waals surface area contributed by atoms with E-state index in [1.807, 2.05) is 0 Å². The maximum Gasteiger partial charge on any atom is 0.321 e. The smallest absolute Gasteiger partial charge is 0.321 e. The van der Waals surface area contributed by atoms with Crippen LogP contribution in [0.5, 0.6) is 0 Å². The lowest BCUT2D eigenvalue weighted by molar-refractivity contribution is -0.139. The number of aryl methyl sites for hydroxylation is 1. The average Bonchev–Trinajstić information content (AvgIpc) is 2.59. The highest BCUT2D eigenvalue weighted by molar-refractivity contribution is 7.88. The summed E-state index contributed by atoms with van der Waals surface area (Å²) < 4.78 is 30.1. The molecule has 96 valence electrons. The third-order valence-electron chi connectivity index (χ3n) is 2.04. The summed E-state index contributed by atoms with van der Waals surface area (Å²) >= 11 is 0. The quantitative estimate of drug-likeness (QED) is 0.761. The molecule has 0 saturated carbocycles. The van der Waals surface area contributed by atoms with Gasteiger partial charge in [0.25, 0.3) is 0 Å². The van der Waals surface area contributed by atoms with E-state index in [9.17, 15) is 13.2 Å². The number of carboxylic acids is 1. The molecule has 0 fully saturated rings. The van der Waals surface area contributed by atoms with E-state index in [0.29, 0.717) is 5.76 Å². The Morgan fingerprint density at radius 3 is 2.71 bits per heavy atom. The first-order valence-corrected chi connectivity index (χ1v) is 6.64. The highest BCUT2D eigenvalue weighted by atomic mass is 32.2. The predicted octanol–water partition coefficient (Wildman–Crippen LogP) is 0.266. The molecule has 1 aromatic heterocycles. The lowest BCUT2D eigenvalue weighted by Crippen LogP contribution is -2.40. The van der Waals surface area contributed by atoms with Crippen LogP contribution in [-0.2, 0) is 20.6 Å². The van der Waals surface area contributed by atoms with Crippen molar-refractivity contribution >= 4 is 16.0 Å². The SMILES string of the molecule is CC[C@H](NS(=O)(=O)Cc1cc(C)on1)C(=O)O. The summed E-state index contributed by atoms with van der Waals surface area (Å²) in [5, 5.41) is 12.3. The summed E-state index contributed by atoms with van der Waals surface area (Å²) in [6.07, 6.45) is 0.173. The topological polar surface area (TPSA) is 110 Å². The largest absolute Gasteiger partial charge is 0.480 e. The number of rotatable bonds is 6. The van der Waals surface area contributed by atoms with Gasteiger partial charge in [0, 0.05) is 6.07 Å². The summed E-state index contributed by atoms with van der Waals surface area (Å²) in [6.45, 7) is 3.23. The van der Waals surface area contributed by atoms with Gasteiger partial charge in [-0.15, -0.1) is 0 Å². The van der Waals surface area contributed by atoms with Crippen molar-refractivity contribution in [3.63, 3.8) is 0 Å². The van der Waals surface area contributed by atoms with Crippen LogP contribution in [0.1, 0.15) is 24.8 Å². The maximum absolute atomic E-state index is 11.6. The van der Waals surface area contributed by atoms with Crippen molar-refractivity contribution in [2.75, 3.05) is 0 Å². The van der Waals surface area contributed by atoms with E-state index in [2.05, 4.69) is 9.88 Å². The third kappa shape index (κ3) is 4.16. The first kappa shape index (κ1) is 13.7. The molecule has 0 bridgehead atoms. The van der Waals surface area contributed by atoms with Crippen molar-refractivity contribution in [1.29, 1.82) is 0 Å². The number of aromatic nitrogens is 1. The molecule has 0 aliphatic carbocycles. The van der Waals surface area contributed by atoms with Gasteiger partial charge in [0.05, 0.1) is 0 Å². The van der Waals surface area contributed by atoms with Crippen molar-refractivity contribution in [2.24, 2.45) is 0 Å². The van der Waals surface area contributed by atoms with E-state index >= 15 is 0 Å². The number of nitrogens with zero attached hydrogens (tertiary/aromatic N) is 1. The molecule has 2 N–H and O–H groups in total. The molecular formula is C9H14N2O5S. The normalized spacial score (nSPS) is 13.5. The lowest BCUT2D eigenvalue weighted by atomic mass is 10.2. The number of carboxylic acid groups (broad SMARTS) is 1. The first-order valence-electron chi connectivity index (χ1n) is 4.99. The monoisotopic (exact) mass is 262 g/mol. The predicted molar refractivity (Wildman–Crippen MR) is 58.7 cm³/mol. The van der Waals surface area contributed by atoms with Gasteiger partial charge in [-0.3, -0.25) is 4.79 Å². The van der Waals surface area contributed by atoms with E-state index in [0.717, 1.165) is 0 Å². The fourth-order valence-electron chi connectivity index (χ4n) is 1.25.